The second-order valence-electron chi connectivity index (χ2n) is 7.10. The molecule has 1 fully saturated rings. The Kier molecular flexibility index (Phi) is 6.31. The van der Waals surface area contributed by atoms with Crippen LogP contribution in [0.2, 0.25) is 0 Å². The predicted octanol–water partition coefficient (Wildman–Crippen LogP) is 2.93. The molecule has 2 heterocycles. The molecule has 1 aromatic carbocycles. The van der Waals surface area contributed by atoms with E-state index >= 15 is 0 Å². The first-order valence-electron chi connectivity index (χ1n) is 9.78. The molecular formula is C21H27N5O3. The van der Waals surface area contributed by atoms with Gasteiger partial charge in [-0.15, -0.1) is 0 Å². The number of nitrogens with zero attached hydrogens (tertiary/aromatic N) is 4. The Morgan fingerprint density at radius 2 is 1.79 bits per heavy atom. The minimum Gasteiger partial charge on any atom is -0.450 e. The topological polar surface area (TPSA) is 87.7 Å². The molecule has 0 aliphatic carbocycles. The van der Waals surface area contributed by atoms with Crippen molar-refractivity contribution in [1.82, 2.24) is 14.9 Å². The van der Waals surface area contributed by atoms with E-state index in [1.54, 1.807) is 24.8 Å². The summed E-state index contributed by atoms with van der Waals surface area (Å²) in [5.74, 6) is 0.946. The largest absolute Gasteiger partial charge is 0.450 e. The fraction of sp³-hybridized carbons (Fsp3) is 0.429. The Hall–Kier alpha value is -3.16. The number of rotatable bonds is 4. The van der Waals surface area contributed by atoms with Crippen LogP contribution in [0.15, 0.2) is 24.3 Å². The molecule has 8 heteroatoms. The SMILES string of the molecule is CCOC(=O)N1CCN(c2cc(C(=O)Nc3ccc(C)cc3C)nc(C)n2)CC1. The van der Waals surface area contributed by atoms with E-state index in [1.165, 1.54) is 0 Å². The summed E-state index contributed by atoms with van der Waals surface area (Å²) in [5, 5.41) is 2.93. The van der Waals surface area contributed by atoms with Crippen LogP contribution >= 0.6 is 0 Å². The van der Waals surface area contributed by atoms with Crippen LogP contribution < -0.4 is 10.2 Å². The molecule has 2 amide bonds. The molecule has 0 radical (unpaired) electrons. The fourth-order valence-corrected chi connectivity index (χ4v) is 3.30. The van der Waals surface area contributed by atoms with Crippen LogP contribution in [-0.4, -0.2) is 59.7 Å². The molecular weight excluding hydrogens is 370 g/mol. The second kappa shape index (κ2) is 8.89. The molecule has 0 spiro atoms. The van der Waals surface area contributed by atoms with Crippen molar-refractivity contribution >= 4 is 23.5 Å². The maximum atomic E-state index is 12.8. The van der Waals surface area contributed by atoms with Gasteiger partial charge in [0, 0.05) is 37.9 Å². The lowest BCUT2D eigenvalue weighted by Gasteiger charge is -2.34. The summed E-state index contributed by atoms with van der Waals surface area (Å²) < 4.78 is 5.06. The van der Waals surface area contributed by atoms with Crippen molar-refractivity contribution in [2.75, 3.05) is 43.0 Å². The summed E-state index contributed by atoms with van der Waals surface area (Å²) >= 11 is 0. The molecule has 1 saturated heterocycles. The van der Waals surface area contributed by atoms with Crippen molar-refractivity contribution in [3.8, 4) is 0 Å². The van der Waals surface area contributed by atoms with Gasteiger partial charge in [0.2, 0.25) is 0 Å². The number of carbonyl (C=O) groups excluding carboxylic acids is 2. The van der Waals surface area contributed by atoms with E-state index in [1.807, 2.05) is 32.0 Å². The van der Waals surface area contributed by atoms with Gasteiger partial charge in [0.1, 0.15) is 17.3 Å². The van der Waals surface area contributed by atoms with Crippen molar-refractivity contribution in [2.45, 2.75) is 27.7 Å². The van der Waals surface area contributed by atoms with Crippen LogP contribution in [0.1, 0.15) is 34.4 Å². The lowest BCUT2D eigenvalue weighted by molar-refractivity contribution is 0.102. The van der Waals surface area contributed by atoms with Gasteiger partial charge in [-0.1, -0.05) is 17.7 Å². The lowest BCUT2D eigenvalue weighted by atomic mass is 10.1. The third-order valence-electron chi connectivity index (χ3n) is 4.82. The quantitative estimate of drug-likeness (QED) is 0.853. The van der Waals surface area contributed by atoms with Crippen LogP contribution in [0, 0.1) is 20.8 Å². The standard InChI is InChI=1S/C21H27N5O3/c1-5-29-21(28)26-10-8-25(9-11-26)19-13-18(22-16(4)23-19)20(27)24-17-7-6-14(2)12-15(17)3/h6-7,12-13H,5,8-11H2,1-4H3,(H,24,27). The number of benzene rings is 1. The average Bonchev–Trinajstić information content (AvgIpc) is 2.70. The third kappa shape index (κ3) is 5.01. The first-order valence-corrected chi connectivity index (χ1v) is 9.78. The van der Waals surface area contributed by atoms with Crippen LogP contribution in [0.25, 0.3) is 0 Å². The van der Waals surface area contributed by atoms with E-state index < -0.39 is 0 Å². The molecule has 0 atom stereocenters. The minimum absolute atomic E-state index is 0.270. The molecule has 0 saturated carbocycles. The number of amides is 2. The minimum atomic E-state index is -0.292. The zero-order valence-electron chi connectivity index (χ0n) is 17.4. The van der Waals surface area contributed by atoms with Crippen molar-refractivity contribution in [2.24, 2.45) is 0 Å². The van der Waals surface area contributed by atoms with Gasteiger partial charge in [0.25, 0.3) is 5.91 Å². The van der Waals surface area contributed by atoms with Crippen LogP contribution in [0.3, 0.4) is 0 Å². The van der Waals surface area contributed by atoms with Crippen molar-refractivity contribution in [3.63, 3.8) is 0 Å². The number of carbonyl (C=O) groups is 2. The lowest BCUT2D eigenvalue weighted by Crippen LogP contribution is -2.49. The second-order valence-corrected chi connectivity index (χ2v) is 7.10. The Balaban J connectivity index is 1.71. The average molecular weight is 397 g/mol. The summed E-state index contributed by atoms with van der Waals surface area (Å²) in [6.45, 7) is 10.2. The van der Waals surface area contributed by atoms with Crippen LogP contribution in [-0.2, 0) is 4.74 Å². The van der Waals surface area contributed by atoms with Crippen molar-refractivity contribution in [1.29, 1.82) is 0 Å². The summed E-state index contributed by atoms with van der Waals surface area (Å²) in [6.07, 6.45) is -0.292. The first-order chi connectivity index (χ1) is 13.9. The Bertz CT molecular complexity index is 907. The number of piperazine rings is 1. The van der Waals surface area contributed by atoms with Gasteiger partial charge in [0.05, 0.1) is 6.61 Å². The maximum Gasteiger partial charge on any atom is 0.409 e. The van der Waals surface area contributed by atoms with Gasteiger partial charge in [0.15, 0.2) is 0 Å². The Labute approximate surface area is 170 Å². The highest BCUT2D eigenvalue weighted by Crippen LogP contribution is 2.19. The number of nitrogens with one attached hydrogen (secondary N) is 1. The molecule has 154 valence electrons. The monoisotopic (exact) mass is 397 g/mol. The molecule has 0 bridgehead atoms. The van der Waals surface area contributed by atoms with E-state index in [0.29, 0.717) is 50.1 Å². The number of hydrogen-bond donors (Lipinski definition) is 1. The van der Waals surface area contributed by atoms with Gasteiger partial charge in [-0.25, -0.2) is 14.8 Å². The van der Waals surface area contributed by atoms with Crippen molar-refractivity contribution in [3.05, 3.63) is 46.9 Å². The number of anilines is 2. The highest BCUT2D eigenvalue weighted by molar-refractivity contribution is 6.03. The van der Waals surface area contributed by atoms with Gasteiger partial charge < -0.3 is 19.9 Å². The normalized spacial score (nSPS) is 13.9. The Morgan fingerprint density at radius 3 is 2.45 bits per heavy atom. The predicted molar refractivity (Wildman–Crippen MR) is 111 cm³/mol. The molecule has 1 N–H and O–H groups in total. The van der Waals surface area contributed by atoms with Gasteiger partial charge in [-0.3, -0.25) is 4.79 Å². The van der Waals surface area contributed by atoms with E-state index in [2.05, 4.69) is 20.2 Å². The van der Waals surface area contributed by atoms with Crippen molar-refractivity contribution < 1.29 is 14.3 Å². The molecule has 2 aromatic rings. The molecule has 0 unspecified atom stereocenters. The zero-order chi connectivity index (χ0) is 21.0. The fourth-order valence-electron chi connectivity index (χ4n) is 3.30. The van der Waals surface area contributed by atoms with Gasteiger partial charge in [-0.05, 0) is 39.3 Å². The number of hydrogen-bond acceptors (Lipinski definition) is 6. The van der Waals surface area contributed by atoms with Crippen LogP contribution in [0.4, 0.5) is 16.3 Å². The first kappa shape index (κ1) is 20.6. The summed E-state index contributed by atoms with van der Waals surface area (Å²) in [7, 11) is 0. The van der Waals surface area contributed by atoms with Gasteiger partial charge in [-0.2, -0.15) is 0 Å². The van der Waals surface area contributed by atoms with Gasteiger partial charge >= 0.3 is 6.09 Å². The maximum absolute atomic E-state index is 12.8. The van der Waals surface area contributed by atoms with E-state index in [0.717, 1.165) is 16.8 Å². The number of aryl methyl sites for hydroxylation is 3. The molecule has 3 rings (SSSR count). The van der Waals surface area contributed by atoms with Crippen LogP contribution in [0.5, 0.6) is 0 Å². The highest BCUT2D eigenvalue weighted by atomic mass is 16.6. The smallest absolute Gasteiger partial charge is 0.409 e. The Morgan fingerprint density at radius 1 is 1.07 bits per heavy atom. The number of ether oxygens (including phenoxy) is 1. The van der Waals surface area contributed by atoms with E-state index in [-0.39, 0.29) is 12.0 Å². The summed E-state index contributed by atoms with van der Waals surface area (Å²) in [5.41, 5.74) is 3.23. The van der Waals surface area contributed by atoms with E-state index in [9.17, 15) is 9.59 Å². The molecule has 8 nitrogen and oxygen atoms in total. The highest BCUT2D eigenvalue weighted by Gasteiger charge is 2.24. The molecule has 1 aliphatic rings. The van der Waals surface area contributed by atoms with E-state index in [4.69, 9.17) is 4.74 Å². The molecule has 29 heavy (non-hydrogen) atoms. The number of aromatic nitrogens is 2. The zero-order valence-corrected chi connectivity index (χ0v) is 17.4. The summed E-state index contributed by atoms with van der Waals surface area (Å²) in [4.78, 5) is 37.2. The summed E-state index contributed by atoms with van der Waals surface area (Å²) in [6, 6.07) is 7.58. The third-order valence-corrected chi connectivity index (χ3v) is 4.82. The molecule has 1 aliphatic heterocycles. The molecule has 1 aromatic heterocycles.